The van der Waals surface area contributed by atoms with Crippen LogP contribution >= 0.6 is 0 Å². The number of carboxylic acid groups (broad SMARTS) is 1. The van der Waals surface area contributed by atoms with Crippen molar-refractivity contribution in [1.29, 1.82) is 0 Å². The van der Waals surface area contributed by atoms with E-state index in [0.29, 0.717) is 6.42 Å². The molecule has 4 nitrogen and oxygen atoms in total. The average molecular weight is 235 g/mol. The monoisotopic (exact) mass is 235 g/mol. The van der Waals surface area contributed by atoms with Gasteiger partial charge in [-0.05, 0) is 30.4 Å². The van der Waals surface area contributed by atoms with Gasteiger partial charge in [0.25, 0.3) is 0 Å². The summed E-state index contributed by atoms with van der Waals surface area (Å²) >= 11 is 0. The number of aliphatic carboxylic acids is 1. The highest BCUT2D eigenvalue weighted by Gasteiger charge is 2.43. The van der Waals surface area contributed by atoms with E-state index in [0.717, 1.165) is 24.0 Å². The van der Waals surface area contributed by atoms with E-state index in [1.54, 1.807) is 0 Å². The molecule has 0 radical (unpaired) electrons. The van der Waals surface area contributed by atoms with Crippen LogP contribution in [-0.4, -0.2) is 28.8 Å². The van der Waals surface area contributed by atoms with E-state index in [2.05, 4.69) is 0 Å². The summed E-state index contributed by atoms with van der Waals surface area (Å²) in [5.41, 5.74) is 7.43. The van der Waals surface area contributed by atoms with Crippen molar-refractivity contribution in [3.63, 3.8) is 0 Å². The van der Waals surface area contributed by atoms with Crippen molar-refractivity contribution in [2.24, 2.45) is 5.73 Å². The second-order valence-electron chi connectivity index (χ2n) is 4.79. The molecular weight excluding hydrogens is 218 g/mol. The average Bonchev–Trinajstić information content (AvgIpc) is 3.10. The Morgan fingerprint density at radius 3 is 2.71 bits per heavy atom. The second-order valence-corrected chi connectivity index (χ2v) is 4.79. The molecule has 92 valence electrons. The predicted molar refractivity (Wildman–Crippen MR) is 63.8 cm³/mol. The van der Waals surface area contributed by atoms with Crippen LogP contribution in [0.4, 0.5) is 0 Å². The first-order chi connectivity index (χ1) is 8.07. The topological polar surface area (TPSA) is 83.5 Å². The Kier molecular flexibility index (Phi) is 3.17. The van der Waals surface area contributed by atoms with Crippen molar-refractivity contribution < 1.29 is 15.0 Å². The number of carboxylic acids is 1. The van der Waals surface area contributed by atoms with Crippen molar-refractivity contribution in [2.45, 2.75) is 30.7 Å². The van der Waals surface area contributed by atoms with Crippen LogP contribution in [0.3, 0.4) is 0 Å². The van der Waals surface area contributed by atoms with E-state index in [1.165, 1.54) is 0 Å². The lowest BCUT2D eigenvalue weighted by molar-refractivity contribution is -0.138. The van der Waals surface area contributed by atoms with Gasteiger partial charge in [-0.15, -0.1) is 0 Å². The number of hydrogen-bond donors (Lipinski definition) is 3. The van der Waals surface area contributed by atoms with Gasteiger partial charge in [-0.2, -0.15) is 0 Å². The normalized spacial score (nSPS) is 18.7. The van der Waals surface area contributed by atoms with Crippen molar-refractivity contribution in [2.75, 3.05) is 6.61 Å². The molecule has 1 aliphatic carbocycles. The zero-order valence-corrected chi connectivity index (χ0v) is 9.60. The minimum Gasteiger partial charge on any atom is -0.480 e. The molecule has 1 fully saturated rings. The van der Waals surface area contributed by atoms with Crippen molar-refractivity contribution in [3.05, 3.63) is 35.4 Å². The number of nitrogens with two attached hydrogens (primary N) is 1. The van der Waals surface area contributed by atoms with E-state index in [1.807, 2.05) is 24.3 Å². The van der Waals surface area contributed by atoms with Crippen molar-refractivity contribution >= 4 is 5.97 Å². The van der Waals surface area contributed by atoms with Gasteiger partial charge in [0.05, 0.1) is 6.61 Å². The Bertz CT molecular complexity index is 426. The van der Waals surface area contributed by atoms with Gasteiger partial charge in [-0.1, -0.05) is 24.3 Å². The standard InChI is InChI=1S/C13H17NO3/c14-11(12(16)17)7-9-2-1-3-10(6-9)13(8-15)4-5-13/h1-3,6,11,15H,4-5,7-8,14H2,(H,16,17). The summed E-state index contributed by atoms with van der Waals surface area (Å²) in [6.07, 6.45) is 2.32. The van der Waals surface area contributed by atoms with Gasteiger partial charge in [0, 0.05) is 5.41 Å². The summed E-state index contributed by atoms with van der Waals surface area (Å²) in [6, 6.07) is 6.86. The summed E-state index contributed by atoms with van der Waals surface area (Å²) in [5.74, 6) is -0.987. The lowest BCUT2D eigenvalue weighted by Crippen LogP contribution is -2.32. The quantitative estimate of drug-likeness (QED) is 0.700. The molecule has 4 heteroatoms. The highest BCUT2D eigenvalue weighted by atomic mass is 16.4. The Balaban J connectivity index is 2.15. The molecule has 2 rings (SSSR count). The molecule has 1 atom stereocenters. The van der Waals surface area contributed by atoms with E-state index in [-0.39, 0.29) is 12.0 Å². The van der Waals surface area contributed by atoms with Gasteiger partial charge in [0.1, 0.15) is 6.04 Å². The molecule has 1 unspecified atom stereocenters. The molecule has 0 amide bonds. The van der Waals surface area contributed by atoms with Gasteiger partial charge in [-0.3, -0.25) is 4.79 Å². The molecule has 0 saturated heterocycles. The lowest BCUT2D eigenvalue weighted by atomic mass is 9.93. The highest BCUT2D eigenvalue weighted by molar-refractivity contribution is 5.73. The van der Waals surface area contributed by atoms with E-state index in [4.69, 9.17) is 10.8 Å². The lowest BCUT2D eigenvalue weighted by Gasteiger charge is -2.14. The maximum atomic E-state index is 10.7. The molecule has 1 aromatic rings. The van der Waals surface area contributed by atoms with Gasteiger partial charge >= 0.3 is 5.97 Å². The predicted octanol–water partition coefficient (Wildman–Crippen LogP) is 0.665. The van der Waals surface area contributed by atoms with Crippen molar-refractivity contribution in [3.8, 4) is 0 Å². The smallest absolute Gasteiger partial charge is 0.320 e. The maximum Gasteiger partial charge on any atom is 0.320 e. The largest absolute Gasteiger partial charge is 0.480 e. The molecule has 17 heavy (non-hydrogen) atoms. The first-order valence-electron chi connectivity index (χ1n) is 5.76. The third kappa shape index (κ3) is 2.48. The van der Waals surface area contributed by atoms with Crippen molar-refractivity contribution in [1.82, 2.24) is 0 Å². The summed E-state index contributed by atoms with van der Waals surface area (Å²) < 4.78 is 0. The Morgan fingerprint density at radius 2 is 2.18 bits per heavy atom. The fourth-order valence-corrected chi connectivity index (χ4v) is 2.06. The third-order valence-electron chi connectivity index (χ3n) is 3.47. The number of hydrogen-bond acceptors (Lipinski definition) is 3. The highest BCUT2D eigenvalue weighted by Crippen LogP contribution is 2.47. The van der Waals surface area contributed by atoms with Crippen LogP contribution < -0.4 is 5.73 Å². The van der Waals surface area contributed by atoms with Gasteiger partial charge in [0.2, 0.25) is 0 Å². The number of aliphatic hydroxyl groups excluding tert-OH is 1. The van der Waals surface area contributed by atoms with Gasteiger partial charge < -0.3 is 15.9 Å². The summed E-state index contributed by atoms with van der Waals surface area (Å²) in [4.78, 5) is 10.7. The van der Waals surface area contributed by atoms with E-state index < -0.39 is 12.0 Å². The number of aliphatic hydroxyl groups is 1. The molecule has 0 aromatic heterocycles. The Hall–Kier alpha value is -1.39. The SMILES string of the molecule is NC(Cc1cccc(C2(CO)CC2)c1)C(=O)O. The Morgan fingerprint density at radius 1 is 1.47 bits per heavy atom. The molecule has 0 bridgehead atoms. The zero-order valence-electron chi connectivity index (χ0n) is 9.60. The summed E-state index contributed by atoms with van der Waals surface area (Å²) in [7, 11) is 0. The molecule has 4 N–H and O–H groups in total. The minimum absolute atomic E-state index is 0.0800. The van der Waals surface area contributed by atoms with Gasteiger partial charge in [0.15, 0.2) is 0 Å². The minimum atomic E-state index is -0.987. The molecule has 1 aliphatic rings. The molecule has 1 saturated carbocycles. The van der Waals surface area contributed by atoms with Crippen LogP contribution in [0.15, 0.2) is 24.3 Å². The molecule has 0 spiro atoms. The summed E-state index contributed by atoms with van der Waals surface area (Å²) in [6.45, 7) is 0.154. The fraction of sp³-hybridized carbons (Fsp3) is 0.462. The van der Waals surface area contributed by atoms with Crippen LogP contribution in [0.1, 0.15) is 24.0 Å². The number of rotatable bonds is 5. The first kappa shape index (κ1) is 12.1. The molecule has 1 aromatic carbocycles. The van der Waals surface area contributed by atoms with Crippen LogP contribution in [0.2, 0.25) is 0 Å². The van der Waals surface area contributed by atoms with Crippen LogP contribution in [-0.2, 0) is 16.6 Å². The van der Waals surface area contributed by atoms with Crippen LogP contribution in [0.5, 0.6) is 0 Å². The van der Waals surface area contributed by atoms with E-state index in [9.17, 15) is 9.90 Å². The van der Waals surface area contributed by atoms with Gasteiger partial charge in [-0.25, -0.2) is 0 Å². The fourth-order valence-electron chi connectivity index (χ4n) is 2.06. The second kappa shape index (κ2) is 4.47. The Labute approximate surface area is 100 Å². The number of carbonyl (C=O) groups is 1. The molecule has 0 aliphatic heterocycles. The van der Waals surface area contributed by atoms with Crippen LogP contribution in [0, 0.1) is 0 Å². The summed E-state index contributed by atoms with van der Waals surface area (Å²) in [5, 5.41) is 18.1. The van der Waals surface area contributed by atoms with Crippen LogP contribution in [0.25, 0.3) is 0 Å². The third-order valence-corrected chi connectivity index (χ3v) is 3.47. The zero-order chi connectivity index (χ0) is 12.5. The first-order valence-corrected chi connectivity index (χ1v) is 5.76. The molecule has 0 heterocycles. The maximum absolute atomic E-state index is 10.7. The molecular formula is C13H17NO3. The van der Waals surface area contributed by atoms with E-state index >= 15 is 0 Å². The number of benzene rings is 1.